The Balaban J connectivity index is 1.48. The van der Waals surface area contributed by atoms with Gasteiger partial charge in [-0.15, -0.1) is 10.2 Å². The molecule has 3 aromatic rings. The molecule has 1 N–H and O–H groups in total. The van der Waals surface area contributed by atoms with Crippen LogP contribution >= 0.6 is 11.8 Å². The molecule has 208 valence electrons. The number of amides is 1. The van der Waals surface area contributed by atoms with Crippen molar-refractivity contribution < 1.29 is 22.7 Å². The average Bonchev–Trinajstić information content (AvgIpc) is 3.34. The van der Waals surface area contributed by atoms with Gasteiger partial charge >= 0.3 is 0 Å². The number of ether oxygens (including phenoxy) is 1. The van der Waals surface area contributed by atoms with E-state index in [-0.39, 0.29) is 22.3 Å². The first kappa shape index (κ1) is 28.9. The second-order valence-corrected chi connectivity index (χ2v) is 12.2. The number of nitrogens with zero attached hydrogens (tertiary/aromatic N) is 4. The van der Waals surface area contributed by atoms with Crippen LogP contribution in [0.15, 0.2) is 52.5 Å². The standard InChI is InChI=1S/C27H33N5O5S2/c1-19-6-9-23(17-20(19)2)32-26(5-4-12-28-21(3)33)29-30-27(32)38-18-25(34)22-7-10-24(11-8-22)39(35,36)31-13-15-37-16-14-31/h6-11,17H,4-5,12-16,18H2,1-3H3,(H,28,33). The van der Waals surface area contributed by atoms with Gasteiger partial charge in [0.1, 0.15) is 5.82 Å². The van der Waals surface area contributed by atoms with Gasteiger partial charge in [0.05, 0.1) is 23.9 Å². The number of aromatic nitrogens is 3. The first-order valence-electron chi connectivity index (χ1n) is 12.8. The van der Waals surface area contributed by atoms with Crippen LogP contribution in [0.25, 0.3) is 5.69 Å². The highest BCUT2D eigenvalue weighted by atomic mass is 32.2. The van der Waals surface area contributed by atoms with Crippen molar-refractivity contribution in [3.8, 4) is 5.69 Å². The maximum atomic E-state index is 13.0. The predicted octanol–water partition coefficient (Wildman–Crippen LogP) is 2.95. The number of ketones is 1. The summed E-state index contributed by atoms with van der Waals surface area (Å²) < 4.78 is 34.3. The minimum absolute atomic E-state index is 0.0767. The van der Waals surface area contributed by atoms with Crippen LogP contribution in [-0.4, -0.2) is 77.8 Å². The van der Waals surface area contributed by atoms with Gasteiger partial charge in [-0.25, -0.2) is 8.42 Å². The van der Waals surface area contributed by atoms with Crippen LogP contribution in [0.3, 0.4) is 0 Å². The number of rotatable bonds is 11. The van der Waals surface area contributed by atoms with Crippen LogP contribution < -0.4 is 5.32 Å². The molecule has 1 aliphatic heterocycles. The number of carbonyl (C=O) groups excluding carboxylic acids is 2. The van der Waals surface area contributed by atoms with Gasteiger partial charge in [-0.05, 0) is 55.7 Å². The van der Waals surface area contributed by atoms with Gasteiger partial charge in [-0.3, -0.25) is 14.2 Å². The molecule has 0 bridgehead atoms. The third-order valence-corrected chi connectivity index (χ3v) is 9.36. The zero-order valence-electron chi connectivity index (χ0n) is 22.3. The van der Waals surface area contributed by atoms with E-state index in [4.69, 9.17) is 4.74 Å². The third-order valence-electron chi connectivity index (χ3n) is 6.52. The predicted molar refractivity (Wildman–Crippen MR) is 149 cm³/mol. The fourth-order valence-corrected chi connectivity index (χ4v) is 6.43. The lowest BCUT2D eigenvalue weighted by molar-refractivity contribution is -0.118. The Bertz CT molecular complexity index is 1430. The molecular weight excluding hydrogens is 538 g/mol. The fraction of sp³-hybridized carbons (Fsp3) is 0.407. The summed E-state index contributed by atoms with van der Waals surface area (Å²) >= 11 is 1.28. The number of aryl methyl sites for hydroxylation is 3. The minimum Gasteiger partial charge on any atom is -0.379 e. The number of morpholine rings is 1. The number of thioether (sulfide) groups is 1. The molecule has 0 radical (unpaired) electrons. The normalized spacial score (nSPS) is 14.3. The Morgan fingerprint density at radius 3 is 2.41 bits per heavy atom. The molecule has 1 amide bonds. The first-order valence-corrected chi connectivity index (χ1v) is 15.2. The Morgan fingerprint density at radius 2 is 1.74 bits per heavy atom. The maximum absolute atomic E-state index is 13.0. The molecule has 0 unspecified atom stereocenters. The molecule has 0 atom stereocenters. The first-order chi connectivity index (χ1) is 18.7. The molecule has 2 aromatic carbocycles. The molecule has 1 aromatic heterocycles. The Hall–Kier alpha value is -3.06. The third kappa shape index (κ3) is 7.13. The van der Waals surface area contributed by atoms with Crippen molar-refractivity contribution >= 4 is 33.5 Å². The van der Waals surface area contributed by atoms with Gasteiger partial charge in [0.25, 0.3) is 0 Å². The van der Waals surface area contributed by atoms with E-state index >= 15 is 0 Å². The van der Waals surface area contributed by atoms with Crippen molar-refractivity contribution in [1.29, 1.82) is 0 Å². The molecule has 12 heteroatoms. The highest BCUT2D eigenvalue weighted by molar-refractivity contribution is 7.99. The maximum Gasteiger partial charge on any atom is 0.243 e. The summed E-state index contributed by atoms with van der Waals surface area (Å²) in [5, 5.41) is 12.1. The van der Waals surface area contributed by atoms with E-state index in [2.05, 4.69) is 21.6 Å². The molecule has 10 nitrogen and oxygen atoms in total. The van der Waals surface area contributed by atoms with Crippen molar-refractivity contribution in [2.45, 2.75) is 43.7 Å². The van der Waals surface area contributed by atoms with Crippen molar-refractivity contribution in [2.24, 2.45) is 0 Å². The van der Waals surface area contributed by atoms with Crippen molar-refractivity contribution in [2.75, 3.05) is 38.6 Å². The summed E-state index contributed by atoms with van der Waals surface area (Å²) in [5.41, 5.74) is 3.63. The molecule has 0 spiro atoms. The number of benzene rings is 2. The highest BCUT2D eigenvalue weighted by Crippen LogP contribution is 2.26. The Labute approximate surface area is 233 Å². The molecule has 0 saturated carbocycles. The number of carbonyl (C=O) groups is 2. The quantitative estimate of drug-likeness (QED) is 0.212. The smallest absolute Gasteiger partial charge is 0.243 e. The molecule has 39 heavy (non-hydrogen) atoms. The molecule has 1 fully saturated rings. The lowest BCUT2D eigenvalue weighted by atomic mass is 10.1. The number of hydrogen-bond acceptors (Lipinski definition) is 8. The Morgan fingerprint density at radius 1 is 1.03 bits per heavy atom. The van der Waals surface area contributed by atoms with Crippen molar-refractivity contribution in [1.82, 2.24) is 24.4 Å². The van der Waals surface area contributed by atoms with Crippen LogP contribution in [0, 0.1) is 13.8 Å². The van der Waals surface area contributed by atoms with E-state index in [9.17, 15) is 18.0 Å². The number of Topliss-reactive ketones (excluding diaryl/α,β-unsaturated/α-hetero) is 1. The highest BCUT2D eigenvalue weighted by Gasteiger charge is 2.26. The van der Waals surface area contributed by atoms with E-state index in [1.165, 1.54) is 40.7 Å². The van der Waals surface area contributed by atoms with E-state index in [1.54, 1.807) is 12.1 Å². The summed E-state index contributed by atoms with van der Waals surface area (Å²) in [6.07, 6.45) is 1.31. The SMILES string of the molecule is CC(=O)NCCCc1nnc(SCC(=O)c2ccc(S(=O)(=O)N3CCOCC3)cc2)n1-c1ccc(C)c(C)c1. The summed E-state index contributed by atoms with van der Waals surface area (Å²) in [5.74, 6) is 0.644. The van der Waals surface area contributed by atoms with Gasteiger partial charge in [0, 0.05) is 44.2 Å². The lowest BCUT2D eigenvalue weighted by Crippen LogP contribution is -2.40. The van der Waals surface area contributed by atoms with Gasteiger partial charge in [-0.2, -0.15) is 4.31 Å². The van der Waals surface area contributed by atoms with Crippen LogP contribution in [0.2, 0.25) is 0 Å². The molecule has 0 aliphatic carbocycles. The van der Waals surface area contributed by atoms with E-state index in [0.717, 1.165) is 17.1 Å². The van der Waals surface area contributed by atoms with Crippen LogP contribution in [0.1, 0.15) is 40.7 Å². The Kier molecular flexibility index (Phi) is 9.54. The second kappa shape index (κ2) is 12.9. The van der Waals surface area contributed by atoms with Gasteiger partial charge < -0.3 is 10.1 Å². The molecule has 2 heterocycles. The lowest BCUT2D eigenvalue weighted by Gasteiger charge is -2.26. The summed E-state index contributed by atoms with van der Waals surface area (Å²) in [4.78, 5) is 24.4. The van der Waals surface area contributed by atoms with E-state index < -0.39 is 10.0 Å². The molecular formula is C27H33N5O5S2. The number of nitrogens with one attached hydrogen (secondary N) is 1. The largest absolute Gasteiger partial charge is 0.379 e. The van der Waals surface area contributed by atoms with Gasteiger partial charge in [-0.1, -0.05) is 30.0 Å². The van der Waals surface area contributed by atoms with Gasteiger partial charge in [0.15, 0.2) is 10.9 Å². The average molecular weight is 572 g/mol. The van der Waals surface area contributed by atoms with Gasteiger partial charge in [0.2, 0.25) is 15.9 Å². The molecule has 1 saturated heterocycles. The summed E-state index contributed by atoms with van der Waals surface area (Å²) in [7, 11) is -3.62. The van der Waals surface area contributed by atoms with E-state index in [1.807, 2.05) is 30.5 Å². The minimum atomic E-state index is -3.62. The number of hydrogen-bond donors (Lipinski definition) is 1. The summed E-state index contributed by atoms with van der Waals surface area (Å²) in [6.45, 7) is 7.48. The monoisotopic (exact) mass is 571 g/mol. The zero-order chi connectivity index (χ0) is 28.0. The van der Waals surface area contributed by atoms with Crippen LogP contribution in [-0.2, 0) is 26.0 Å². The fourth-order valence-electron chi connectivity index (χ4n) is 4.15. The van der Waals surface area contributed by atoms with Crippen molar-refractivity contribution in [3.63, 3.8) is 0 Å². The molecule has 1 aliphatic rings. The van der Waals surface area contributed by atoms with Crippen molar-refractivity contribution in [3.05, 3.63) is 65.0 Å². The molecule has 4 rings (SSSR count). The van der Waals surface area contributed by atoms with Crippen LogP contribution in [0.5, 0.6) is 0 Å². The zero-order valence-corrected chi connectivity index (χ0v) is 24.0. The second-order valence-electron chi connectivity index (χ2n) is 9.34. The topological polar surface area (TPSA) is 123 Å². The van der Waals surface area contributed by atoms with E-state index in [0.29, 0.717) is 56.4 Å². The summed E-state index contributed by atoms with van der Waals surface area (Å²) in [6, 6.07) is 12.2. The van der Waals surface area contributed by atoms with Crippen LogP contribution in [0.4, 0.5) is 0 Å². The number of sulfonamides is 1.